The Morgan fingerprint density at radius 3 is 2.62 bits per heavy atom. The van der Waals surface area contributed by atoms with E-state index in [1.165, 1.54) is 24.0 Å². The van der Waals surface area contributed by atoms with Gasteiger partial charge in [0.2, 0.25) is 5.90 Å². The highest BCUT2D eigenvalue weighted by Crippen LogP contribution is 2.42. The zero-order valence-corrected chi connectivity index (χ0v) is 9.86. The molecule has 1 aliphatic heterocycles. The molecule has 1 heterocycles. The van der Waals surface area contributed by atoms with Gasteiger partial charge in [0, 0.05) is 5.56 Å². The molecule has 0 bridgehead atoms. The van der Waals surface area contributed by atoms with E-state index in [0.717, 1.165) is 11.8 Å². The normalized spacial score (nSPS) is 22.8. The van der Waals surface area contributed by atoms with E-state index >= 15 is 0 Å². The van der Waals surface area contributed by atoms with Gasteiger partial charge in [0.05, 0.1) is 5.54 Å². The van der Waals surface area contributed by atoms with Crippen LogP contribution in [0.5, 0.6) is 0 Å². The maximum absolute atomic E-state index is 5.72. The summed E-state index contributed by atoms with van der Waals surface area (Å²) in [5.74, 6) is 1.58. The Morgan fingerprint density at radius 1 is 1.25 bits per heavy atom. The Labute approximate surface area is 96.3 Å². The number of rotatable bonds is 2. The van der Waals surface area contributed by atoms with Crippen molar-refractivity contribution in [2.75, 3.05) is 6.61 Å². The van der Waals surface area contributed by atoms with Crippen LogP contribution in [0.1, 0.15) is 43.7 Å². The van der Waals surface area contributed by atoms with Gasteiger partial charge in [-0.15, -0.1) is 0 Å². The molecule has 3 rings (SSSR count). The maximum Gasteiger partial charge on any atom is 0.217 e. The van der Waals surface area contributed by atoms with E-state index in [-0.39, 0.29) is 5.54 Å². The predicted molar refractivity (Wildman–Crippen MR) is 65.0 cm³/mol. The molecule has 16 heavy (non-hydrogen) atoms. The topological polar surface area (TPSA) is 21.6 Å². The first kappa shape index (κ1) is 9.88. The number of aliphatic imine (C=N–C) groups is 1. The molecule has 0 aromatic heterocycles. The summed E-state index contributed by atoms with van der Waals surface area (Å²) in [5.41, 5.74) is 2.56. The number of hydrogen-bond donors (Lipinski definition) is 0. The molecule has 1 aliphatic carbocycles. The largest absolute Gasteiger partial charge is 0.475 e. The second kappa shape index (κ2) is 3.34. The van der Waals surface area contributed by atoms with Crippen LogP contribution >= 0.6 is 0 Å². The highest BCUT2D eigenvalue weighted by atomic mass is 16.5. The monoisotopic (exact) mass is 215 g/mol. The first-order valence-electron chi connectivity index (χ1n) is 5.98. The summed E-state index contributed by atoms with van der Waals surface area (Å²) < 4.78 is 5.72. The Balaban J connectivity index is 2.00. The van der Waals surface area contributed by atoms with E-state index < -0.39 is 0 Å². The fraction of sp³-hybridized carbons (Fsp3) is 0.500. The van der Waals surface area contributed by atoms with Gasteiger partial charge in [-0.05, 0) is 44.2 Å². The molecule has 0 N–H and O–H groups in total. The minimum atomic E-state index is -0.0635. The van der Waals surface area contributed by atoms with Crippen molar-refractivity contribution in [3.63, 3.8) is 0 Å². The molecule has 1 saturated carbocycles. The van der Waals surface area contributed by atoms with Crippen molar-refractivity contribution in [1.82, 2.24) is 0 Å². The van der Waals surface area contributed by atoms with Crippen LogP contribution in [0.4, 0.5) is 0 Å². The molecule has 2 aliphatic rings. The van der Waals surface area contributed by atoms with E-state index in [4.69, 9.17) is 4.74 Å². The molecule has 1 fully saturated rings. The molecular formula is C14H17NO. The lowest BCUT2D eigenvalue weighted by Crippen LogP contribution is -2.17. The van der Waals surface area contributed by atoms with E-state index in [1.54, 1.807) is 0 Å². The Bertz CT molecular complexity index is 444. The molecular weight excluding hydrogens is 198 g/mol. The summed E-state index contributed by atoms with van der Waals surface area (Å²) >= 11 is 0. The molecule has 1 aromatic rings. The van der Waals surface area contributed by atoms with Crippen LogP contribution in [0.2, 0.25) is 0 Å². The second-order valence-electron chi connectivity index (χ2n) is 5.38. The van der Waals surface area contributed by atoms with Crippen molar-refractivity contribution in [3.05, 3.63) is 35.4 Å². The lowest BCUT2D eigenvalue weighted by Gasteiger charge is -2.07. The molecule has 0 atom stereocenters. The second-order valence-corrected chi connectivity index (χ2v) is 5.38. The van der Waals surface area contributed by atoms with Crippen molar-refractivity contribution in [3.8, 4) is 0 Å². The van der Waals surface area contributed by atoms with Crippen LogP contribution in [0.15, 0.2) is 29.3 Å². The average Bonchev–Trinajstić information content (AvgIpc) is 3.03. The maximum atomic E-state index is 5.72. The van der Waals surface area contributed by atoms with Gasteiger partial charge < -0.3 is 4.74 Å². The smallest absolute Gasteiger partial charge is 0.217 e. The standard InChI is InChI=1S/C14H17NO/c1-14(2)9-16-13(15-14)12-6-4-3-5-11(12)10-7-8-10/h3-6,10H,7-9H2,1-2H3. The Hall–Kier alpha value is -1.31. The SMILES string of the molecule is CC1(C)COC(c2ccccc2C2CC2)=N1. The van der Waals surface area contributed by atoms with E-state index in [2.05, 4.69) is 43.1 Å². The summed E-state index contributed by atoms with van der Waals surface area (Å²) in [4.78, 5) is 4.66. The Morgan fingerprint density at radius 2 is 2.00 bits per heavy atom. The minimum Gasteiger partial charge on any atom is -0.475 e. The van der Waals surface area contributed by atoms with Crippen molar-refractivity contribution < 1.29 is 4.74 Å². The highest BCUT2D eigenvalue weighted by molar-refractivity contribution is 5.97. The third kappa shape index (κ3) is 1.73. The summed E-state index contributed by atoms with van der Waals surface area (Å²) in [5, 5.41) is 0. The van der Waals surface area contributed by atoms with E-state index in [0.29, 0.717) is 6.61 Å². The highest BCUT2D eigenvalue weighted by Gasteiger charge is 2.31. The molecule has 0 radical (unpaired) electrons. The Kier molecular flexibility index (Phi) is 2.06. The fourth-order valence-electron chi connectivity index (χ4n) is 2.16. The van der Waals surface area contributed by atoms with E-state index in [1.807, 2.05) is 0 Å². The lowest BCUT2D eigenvalue weighted by molar-refractivity contribution is 0.279. The van der Waals surface area contributed by atoms with Gasteiger partial charge in [-0.1, -0.05) is 18.2 Å². The average molecular weight is 215 g/mol. The van der Waals surface area contributed by atoms with Crippen LogP contribution < -0.4 is 0 Å². The van der Waals surface area contributed by atoms with Crippen molar-refractivity contribution in [1.29, 1.82) is 0 Å². The minimum absolute atomic E-state index is 0.0635. The fourth-order valence-corrected chi connectivity index (χ4v) is 2.16. The van der Waals surface area contributed by atoms with Gasteiger partial charge in [-0.2, -0.15) is 0 Å². The van der Waals surface area contributed by atoms with Crippen molar-refractivity contribution in [2.45, 2.75) is 38.1 Å². The molecule has 2 heteroatoms. The van der Waals surface area contributed by atoms with Gasteiger partial charge in [0.1, 0.15) is 6.61 Å². The molecule has 0 amide bonds. The molecule has 0 unspecified atom stereocenters. The molecule has 84 valence electrons. The molecule has 1 aromatic carbocycles. The van der Waals surface area contributed by atoms with Crippen LogP contribution in [0.25, 0.3) is 0 Å². The number of benzene rings is 1. The summed E-state index contributed by atoms with van der Waals surface area (Å²) in [7, 11) is 0. The zero-order valence-electron chi connectivity index (χ0n) is 9.86. The number of ether oxygens (including phenoxy) is 1. The first-order chi connectivity index (χ1) is 7.66. The predicted octanol–water partition coefficient (Wildman–Crippen LogP) is 3.12. The summed E-state index contributed by atoms with van der Waals surface area (Å²) in [6, 6.07) is 8.52. The van der Waals surface area contributed by atoms with Gasteiger partial charge in [-0.25, -0.2) is 4.99 Å². The molecule has 0 spiro atoms. The van der Waals surface area contributed by atoms with Gasteiger partial charge in [-0.3, -0.25) is 0 Å². The molecule has 0 saturated heterocycles. The summed E-state index contributed by atoms with van der Waals surface area (Å²) in [6.45, 7) is 4.92. The van der Waals surface area contributed by atoms with Crippen molar-refractivity contribution in [2.24, 2.45) is 4.99 Å². The summed E-state index contributed by atoms with van der Waals surface area (Å²) in [6.07, 6.45) is 2.63. The first-order valence-corrected chi connectivity index (χ1v) is 5.98. The van der Waals surface area contributed by atoms with Gasteiger partial charge in [0.25, 0.3) is 0 Å². The zero-order chi connectivity index (χ0) is 11.2. The van der Waals surface area contributed by atoms with Gasteiger partial charge in [0.15, 0.2) is 0 Å². The quantitative estimate of drug-likeness (QED) is 0.742. The molecule has 2 nitrogen and oxygen atoms in total. The van der Waals surface area contributed by atoms with Crippen molar-refractivity contribution >= 4 is 5.90 Å². The third-order valence-corrected chi connectivity index (χ3v) is 3.17. The number of hydrogen-bond acceptors (Lipinski definition) is 2. The van der Waals surface area contributed by atoms with Crippen LogP contribution in [0.3, 0.4) is 0 Å². The van der Waals surface area contributed by atoms with Crippen LogP contribution in [0, 0.1) is 0 Å². The van der Waals surface area contributed by atoms with E-state index in [9.17, 15) is 0 Å². The lowest BCUT2D eigenvalue weighted by atomic mass is 10.0. The van der Waals surface area contributed by atoms with Gasteiger partial charge >= 0.3 is 0 Å². The van der Waals surface area contributed by atoms with Crippen LogP contribution in [-0.4, -0.2) is 18.0 Å². The third-order valence-electron chi connectivity index (χ3n) is 3.17. The van der Waals surface area contributed by atoms with Crippen LogP contribution in [-0.2, 0) is 4.74 Å². The number of nitrogens with zero attached hydrogens (tertiary/aromatic N) is 1.